The zero-order valence-corrected chi connectivity index (χ0v) is 19.0. The number of nitrogens with zero attached hydrogens (tertiary/aromatic N) is 2. The monoisotopic (exact) mass is 494 g/mol. The number of sulfonamides is 1. The molecular formula is C18H31IN4O2S. The molecule has 0 amide bonds. The van der Waals surface area contributed by atoms with Gasteiger partial charge >= 0.3 is 0 Å². The molecule has 1 aliphatic carbocycles. The summed E-state index contributed by atoms with van der Waals surface area (Å²) in [5.74, 6) is 1.11. The molecule has 0 bridgehead atoms. The highest BCUT2D eigenvalue weighted by Gasteiger charge is 2.27. The number of hydrogen-bond donors (Lipinski definition) is 2. The maximum atomic E-state index is 11.6. The molecule has 1 aromatic carbocycles. The fourth-order valence-corrected chi connectivity index (χ4v) is 4.07. The zero-order chi connectivity index (χ0) is 18.3. The SMILES string of the molecule is CN(C)C(=NCc1ccccc1)NCC1CCCCC1NS(C)(=O)=O.I. The second-order valence-corrected chi connectivity index (χ2v) is 8.72. The summed E-state index contributed by atoms with van der Waals surface area (Å²) in [4.78, 5) is 6.63. The Morgan fingerprint density at radius 3 is 2.46 bits per heavy atom. The maximum Gasteiger partial charge on any atom is 0.208 e. The van der Waals surface area contributed by atoms with E-state index in [2.05, 4.69) is 27.2 Å². The summed E-state index contributed by atoms with van der Waals surface area (Å²) < 4.78 is 26.0. The summed E-state index contributed by atoms with van der Waals surface area (Å²) in [5.41, 5.74) is 1.16. The second-order valence-electron chi connectivity index (χ2n) is 6.94. The quantitative estimate of drug-likeness (QED) is 0.362. The van der Waals surface area contributed by atoms with Gasteiger partial charge in [-0.1, -0.05) is 43.2 Å². The van der Waals surface area contributed by atoms with Gasteiger partial charge in [0.1, 0.15) is 0 Å². The van der Waals surface area contributed by atoms with Crippen molar-refractivity contribution in [3.8, 4) is 0 Å². The first-order chi connectivity index (χ1) is 11.8. The van der Waals surface area contributed by atoms with Crippen LogP contribution in [0.4, 0.5) is 0 Å². The highest BCUT2D eigenvalue weighted by molar-refractivity contribution is 14.0. The van der Waals surface area contributed by atoms with Crippen molar-refractivity contribution < 1.29 is 8.42 Å². The van der Waals surface area contributed by atoms with Crippen molar-refractivity contribution >= 4 is 40.0 Å². The molecule has 148 valence electrons. The van der Waals surface area contributed by atoms with E-state index in [9.17, 15) is 8.42 Å². The van der Waals surface area contributed by atoms with E-state index in [1.54, 1.807) is 0 Å². The maximum absolute atomic E-state index is 11.6. The first-order valence-corrected chi connectivity index (χ1v) is 10.7. The molecule has 2 N–H and O–H groups in total. The van der Waals surface area contributed by atoms with Gasteiger partial charge in [-0.3, -0.25) is 0 Å². The van der Waals surface area contributed by atoms with Crippen molar-refractivity contribution in [2.75, 3.05) is 26.9 Å². The molecule has 0 aliphatic heterocycles. The van der Waals surface area contributed by atoms with Crippen LogP contribution in [0.2, 0.25) is 0 Å². The summed E-state index contributed by atoms with van der Waals surface area (Å²) in [6, 6.07) is 10.1. The molecule has 0 heterocycles. The molecule has 0 spiro atoms. The molecule has 1 aliphatic rings. The van der Waals surface area contributed by atoms with Crippen molar-refractivity contribution in [3.63, 3.8) is 0 Å². The normalized spacial score (nSPS) is 21.0. The first-order valence-electron chi connectivity index (χ1n) is 8.82. The van der Waals surface area contributed by atoms with Crippen LogP contribution in [-0.2, 0) is 16.6 Å². The van der Waals surface area contributed by atoms with Crippen molar-refractivity contribution in [2.24, 2.45) is 10.9 Å². The summed E-state index contributed by atoms with van der Waals surface area (Å²) in [6.07, 6.45) is 5.38. The van der Waals surface area contributed by atoms with Gasteiger partial charge in [0.2, 0.25) is 10.0 Å². The van der Waals surface area contributed by atoms with Crippen molar-refractivity contribution in [1.82, 2.24) is 14.9 Å². The number of nitrogens with one attached hydrogen (secondary N) is 2. The second kappa shape index (κ2) is 11.1. The van der Waals surface area contributed by atoms with Gasteiger partial charge in [-0.2, -0.15) is 0 Å². The van der Waals surface area contributed by atoms with Gasteiger partial charge in [-0.05, 0) is 24.3 Å². The van der Waals surface area contributed by atoms with E-state index >= 15 is 0 Å². The summed E-state index contributed by atoms with van der Waals surface area (Å²) in [5, 5.41) is 3.42. The predicted octanol–water partition coefficient (Wildman–Crippen LogP) is 2.42. The van der Waals surface area contributed by atoms with Gasteiger partial charge in [0.25, 0.3) is 0 Å². The molecule has 1 saturated carbocycles. The Labute approximate surface area is 174 Å². The Balaban J connectivity index is 0.00000338. The fourth-order valence-electron chi connectivity index (χ4n) is 3.21. The fraction of sp³-hybridized carbons (Fsp3) is 0.611. The van der Waals surface area contributed by atoms with Crippen LogP contribution in [0.15, 0.2) is 35.3 Å². The van der Waals surface area contributed by atoms with Crippen molar-refractivity contribution in [3.05, 3.63) is 35.9 Å². The van der Waals surface area contributed by atoms with Crippen LogP contribution in [0.5, 0.6) is 0 Å². The molecule has 1 aromatic rings. The van der Waals surface area contributed by atoms with Crippen LogP contribution in [0.25, 0.3) is 0 Å². The highest BCUT2D eigenvalue weighted by atomic mass is 127. The Kier molecular flexibility index (Phi) is 9.88. The average Bonchev–Trinajstić information content (AvgIpc) is 2.55. The third-order valence-electron chi connectivity index (χ3n) is 4.47. The van der Waals surface area contributed by atoms with E-state index in [1.807, 2.05) is 37.2 Å². The number of hydrogen-bond acceptors (Lipinski definition) is 3. The number of guanidine groups is 1. The highest BCUT2D eigenvalue weighted by Crippen LogP contribution is 2.24. The van der Waals surface area contributed by atoms with Crippen LogP contribution in [0, 0.1) is 5.92 Å². The van der Waals surface area contributed by atoms with E-state index < -0.39 is 10.0 Å². The van der Waals surface area contributed by atoms with Crippen LogP contribution in [-0.4, -0.2) is 52.2 Å². The van der Waals surface area contributed by atoms with Gasteiger partial charge in [0.05, 0.1) is 12.8 Å². The molecule has 0 aromatic heterocycles. The number of halogens is 1. The lowest BCUT2D eigenvalue weighted by Gasteiger charge is -2.32. The van der Waals surface area contributed by atoms with Gasteiger partial charge in [-0.15, -0.1) is 24.0 Å². The van der Waals surface area contributed by atoms with Gasteiger partial charge < -0.3 is 10.2 Å². The smallest absolute Gasteiger partial charge is 0.208 e. The number of benzene rings is 1. The third-order valence-corrected chi connectivity index (χ3v) is 5.21. The standard InChI is InChI=1S/C18H30N4O2S.HI/c1-22(2)18(19-13-15-9-5-4-6-10-15)20-14-16-11-7-8-12-17(16)21-25(3,23)24;/h4-6,9-10,16-17,21H,7-8,11-14H2,1-3H3,(H,19,20);1H. The number of aliphatic imine (C=N–C) groups is 1. The molecule has 6 nitrogen and oxygen atoms in total. The third kappa shape index (κ3) is 8.22. The molecule has 2 atom stereocenters. The summed E-state index contributed by atoms with van der Waals surface area (Å²) in [6.45, 7) is 1.34. The zero-order valence-electron chi connectivity index (χ0n) is 15.8. The molecular weight excluding hydrogens is 463 g/mol. The van der Waals surface area contributed by atoms with E-state index in [0.717, 1.165) is 43.8 Å². The molecule has 2 rings (SSSR count). The minimum absolute atomic E-state index is 0. The lowest BCUT2D eigenvalue weighted by molar-refractivity contribution is 0.287. The van der Waals surface area contributed by atoms with Gasteiger partial charge in [0.15, 0.2) is 5.96 Å². The summed E-state index contributed by atoms with van der Waals surface area (Å²) in [7, 11) is 0.748. The first kappa shape index (κ1) is 23.2. The minimum Gasteiger partial charge on any atom is -0.356 e. The summed E-state index contributed by atoms with van der Waals surface area (Å²) >= 11 is 0. The molecule has 2 unspecified atom stereocenters. The van der Waals surface area contributed by atoms with E-state index in [1.165, 1.54) is 6.26 Å². The topological polar surface area (TPSA) is 73.8 Å². The van der Waals surface area contributed by atoms with E-state index in [-0.39, 0.29) is 35.9 Å². The van der Waals surface area contributed by atoms with E-state index in [0.29, 0.717) is 6.54 Å². The van der Waals surface area contributed by atoms with Crippen LogP contribution in [0.1, 0.15) is 31.2 Å². The largest absolute Gasteiger partial charge is 0.356 e. The molecule has 0 saturated heterocycles. The predicted molar refractivity (Wildman–Crippen MR) is 118 cm³/mol. The van der Waals surface area contributed by atoms with Crippen LogP contribution < -0.4 is 10.0 Å². The number of rotatable bonds is 6. The molecule has 0 radical (unpaired) electrons. The minimum atomic E-state index is -3.18. The molecule has 1 fully saturated rings. The Morgan fingerprint density at radius 1 is 1.19 bits per heavy atom. The Bertz CT molecular complexity index is 665. The van der Waals surface area contributed by atoms with Crippen molar-refractivity contribution in [2.45, 2.75) is 38.3 Å². The van der Waals surface area contributed by atoms with Crippen LogP contribution >= 0.6 is 24.0 Å². The lowest BCUT2D eigenvalue weighted by atomic mass is 9.85. The lowest BCUT2D eigenvalue weighted by Crippen LogP contribution is -2.47. The van der Waals surface area contributed by atoms with E-state index in [4.69, 9.17) is 0 Å². The molecule has 26 heavy (non-hydrogen) atoms. The average molecular weight is 494 g/mol. The molecule has 8 heteroatoms. The Morgan fingerprint density at radius 2 is 1.85 bits per heavy atom. The van der Waals surface area contributed by atoms with Gasteiger partial charge in [-0.25, -0.2) is 18.1 Å². The van der Waals surface area contributed by atoms with Crippen LogP contribution in [0.3, 0.4) is 0 Å². The van der Waals surface area contributed by atoms with Crippen molar-refractivity contribution in [1.29, 1.82) is 0 Å². The van der Waals surface area contributed by atoms with Gasteiger partial charge in [0, 0.05) is 26.7 Å². The Hall–Kier alpha value is -0.870.